The number of piperazine rings is 1. The Morgan fingerprint density at radius 1 is 1.00 bits per heavy atom. The number of benzene rings is 2. The van der Waals surface area contributed by atoms with Crippen molar-refractivity contribution < 1.29 is 17.5 Å². The maximum Gasteiger partial charge on any atom is 0.246 e. The van der Waals surface area contributed by atoms with Crippen LogP contribution in [-0.2, 0) is 10.0 Å². The Balaban J connectivity index is 1.74. The monoisotopic (exact) mass is 350 g/mol. The topological polar surface area (TPSA) is 49.9 Å². The van der Waals surface area contributed by atoms with Gasteiger partial charge in [0.1, 0.15) is 16.5 Å². The van der Waals surface area contributed by atoms with Crippen molar-refractivity contribution >= 4 is 15.7 Å². The summed E-state index contributed by atoms with van der Waals surface area (Å²) in [6.45, 7) is 1.71. The van der Waals surface area contributed by atoms with Gasteiger partial charge >= 0.3 is 0 Å². The third-order valence-corrected chi connectivity index (χ3v) is 6.04. The van der Waals surface area contributed by atoms with Crippen LogP contribution in [0.3, 0.4) is 0 Å². The fourth-order valence-electron chi connectivity index (χ4n) is 2.79. The van der Waals surface area contributed by atoms with Crippen LogP contribution < -0.4 is 9.64 Å². The van der Waals surface area contributed by atoms with Crippen molar-refractivity contribution in [3.63, 3.8) is 0 Å². The summed E-state index contributed by atoms with van der Waals surface area (Å²) in [7, 11) is -2.20. The highest BCUT2D eigenvalue weighted by atomic mass is 32.2. The molecule has 0 bridgehead atoms. The maximum atomic E-state index is 13.8. The Labute approximate surface area is 141 Å². The zero-order valence-corrected chi connectivity index (χ0v) is 14.2. The van der Waals surface area contributed by atoms with Gasteiger partial charge in [-0.3, -0.25) is 0 Å². The van der Waals surface area contributed by atoms with Crippen molar-refractivity contribution in [2.24, 2.45) is 0 Å². The fraction of sp³-hybridized carbons (Fsp3) is 0.294. The summed E-state index contributed by atoms with van der Waals surface area (Å²) in [6, 6.07) is 13.1. The molecule has 2 aromatic carbocycles. The first-order chi connectivity index (χ1) is 11.5. The molecule has 128 valence electrons. The fourth-order valence-corrected chi connectivity index (χ4v) is 4.27. The largest absolute Gasteiger partial charge is 0.497 e. The van der Waals surface area contributed by atoms with Crippen LogP contribution in [0.4, 0.5) is 10.1 Å². The molecule has 1 aliphatic rings. The van der Waals surface area contributed by atoms with Crippen LogP contribution in [-0.4, -0.2) is 46.0 Å². The molecule has 7 heteroatoms. The third-order valence-electron chi connectivity index (χ3n) is 4.11. The van der Waals surface area contributed by atoms with Gasteiger partial charge in [0, 0.05) is 37.9 Å². The van der Waals surface area contributed by atoms with E-state index in [1.54, 1.807) is 7.11 Å². The lowest BCUT2D eigenvalue weighted by Crippen LogP contribution is -2.48. The molecule has 0 saturated carbocycles. The van der Waals surface area contributed by atoms with Crippen molar-refractivity contribution in [1.82, 2.24) is 4.31 Å². The molecule has 0 radical (unpaired) electrons. The average molecular weight is 350 g/mol. The minimum Gasteiger partial charge on any atom is -0.497 e. The van der Waals surface area contributed by atoms with Gasteiger partial charge < -0.3 is 9.64 Å². The molecule has 2 aromatic rings. The molecule has 0 atom stereocenters. The van der Waals surface area contributed by atoms with Crippen LogP contribution in [0.25, 0.3) is 0 Å². The van der Waals surface area contributed by atoms with Crippen LogP contribution in [0.1, 0.15) is 0 Å². The lowest BCUT2D eigenvalue weighted by molar-refractivity contribution is 0.381. The highest BCUT2D eigenvalue weighted by Crippen LogP contribution is 2.25. The van der Waals surface area contributed by atoms with E-state index >= 15 is 0 Å². The Morgan fingerprint density at radius 2 is 1.71 bits per heavy atom. The number of halogens is 1. The number of hydrogen-bond acceptors (Lipinski definition) is 4. The SMILES string of the molecule is COc1cccc(N2CCN(S(=O)(=O)c3ccccc3F)CC2)c1. The molecular formula is C17H19FN2O3S. The standard InChI is InChI=1S/C17H19FN2O3S/c1-23-15-6-4-5-14(13-15)19-9-11-20(12-10-19)24(21,22)17-8-3-2-7-16(17)18/h2-8,13H,9-12H2,1H3. The summed E-state index contributed by atoms with van der Waals surface area (Å²) in [5.74, 6) is 0.0432. The molecule has 0 aliphatic carbocycles. The van der Waals surface area contributed by atoms with Gasteiger partial charge in [0.05, 0.1) is 7.11 Å². The summed E-state index contributed by atoms with van der Waals surface area (Å²) in [4.78, 5) is 1.83. The van der Waals surface area contributed by atoms with Crippen molar-refractivity contribution in [1.29, 1.82) is 0 Å². The van der Waals surface area contributed by atoms with E-state index in [-0.39, 0.29) is 4.90 Å². The highest BCUT2D eigenvalue weighted by Gasteiger charge is 2.30. The lowest BCUT2D eigenvalue weighted by atomic mass is 10.2. The lowest BCUT2D eigenvalue weighted by Gasteiger charge is -2.35. The van der Waals surface area contributed by atoms with Gasteiger partial charge in [0.25, 0.3) is 0 Å². The van der Waals surface area contributed by atoms with Crippen LogP contribution in [0.15, 0.2) is 53.4 Å². The highest BCUT2D eigenvalue weighted by molar-refractivity contribution is 7.89. The second-order valence-corrected chi connectivity index (χ2v) is 7.43. The summed E-state index contributed by atoms with van der Waals surface area (Å²) >= 11 is 0. The first kappa shape index (κ1) is 16.7. The number of rotatable bonds is 4. The Bertz CT molecular complexity index is 818. The smallest absolute Gasteiger partial charge is 0.246 e. The number of sulfonamides is 1. The van der Waals surface area contributed by atoms with Crippen molar-refractivity contribution in [3.8, 4) is 5.75 Å². The molecule has 0 aromatic heterocycles. The predicted molar refractivity (Wildman–Crippen MR) is 90.4 cm³/mol. The number of nitrogens with zero attached hydrogens (tertiary/aromatic N) is 2. The van der Waals surface area contributed by atoms with Gasteiger partial charge in [-0.15, -0.1) is 0 Å². The molecule has 3 rings (SSSR count). The van der Waals surface area contributed by atoms with Gasteiger partial charge in [-0.1, -0.05) is 18.2 Å². The average Bonchev–Trinajstić information content (AvgIpc) is 2.62. The van der Waals surface area contributed by atoms with E-state index in [2.05, 4.69) is 4.90 Å². The van der Waals surface area contributed by atoms with Gasteiger partial charge in [0.15, 0.2) is 0 Å². The molecule has 0 spiro atoms. The van der Waals surface area contributed by atoms with Crippen LogP contribution >= 0.6 is 0 Å². The molecule has 1 heterocycles. The van der Waals surface area contributed by atoms with E-state index in [1.165, 1.54) is 28.6 Å². The predicted octanol–water partition coefficient (Wildman–Crippen LogP) is 2.35. The zero-order chi connectivity index (χ0) is 17.2. The molecule has 0 unspecified atom stereocenters. The second-order valence-electron chi connectivity index (χ2n) is 5.52. The quantitative estimate of drug-likeness (QED) is 0.849. The van der Waals surface area contributed by atoms with Gasteiger partial charge in [0.2, 0.25) is 10.0 Å². The Morgan fingerprint density at radius 3 is 2.38 bits per heavy atom. The van der Waals surface area contributed by atoms with Crippen LogP contribution in [0.2, 0.25) is 0 Å². The summed E-state index contributed by atoms with van der Waals surface area (Å²) < 4.78 is 45.6. The normalized spacial score (nSPS) is 16.2. The molecule has 1 saturated heterocycles. The molecule has 1 fully saturated rings. The van der Waals surface area contributed by atoms with Crippen LogP contribution in [0, 0.1) is 5.82 Å². The minimum absolute atomic E-state index is 0.264. The van der Waals surface area contributed by atoms with Gasteiger partial charge in [-0.05, 0) is 24.3 Å². The molecule has 0 amide bonds. The molecule has 1 aliphatic heterocycles. The Kier molecular flexibility index (Phi) is 4.73. The van der Waals surface area contributed by atoms with Crippen molar-refractivity contribution in [2.75, 3.05) is 38.2 Å². The van der Waals surface area contributed by atoms with Crippen molar-refractivity contribution in [3.05, 3.63) is 54.3 Å². The van der Waals surface area contributed by atoms with E-state index in [0.717, 1.165) is 11.4 Å². The van der Waals surface area contributed by atoms with Gasteiger partial charge in [-0.2, -0.15) is 4.31 Å². The van der Waals surface area contributed by atoms with E-state index < -0.39 is 15.8 Å². The van der Waals surface area contributed by atoms with E-state index in [9.17, 15) is 12.8 Å². The van der Waals surface area contributed by atoms with Gasteiger partial charge in [-0.25, -0.2) is 12.8 Å². The molecule has 0 N–H and O–H groups in total. The first-order valence-electron chi connectivity index (χ1n) is 7.66. The Hall–Kier alpha value is -2.12. The summed E-state index contributed by atoms with van der Waals surface area (Å²) in [5.41, 5.74) is 0.984. The molecular weight excluding hydrogens is 331 g/mol. The number of methoxy groups -OCH3 is 1. The van der Waals surface area contributed by atoms with E-state index in [0.29, 0.717) is 26.2 Å². The second kappa shape index (κ2) is 6.78. The van der Waals surface area contributed by atoms with Crippen molar-refractivity contribution in [2.45, 2.75) is 4.90 Å². The maximum absolute atomic E-state index is 13.8. The third kappa shape index (κ3) is 3.22. The number of hydrogen-bond donors (Lipinski definition) is 0. The zero-order valence-electron chi connectivity index (χ0n) is 13.4. The first-order valence-corrected chi connectivity index (χ1v) is 9.10. The van der Waals surface area contributed by atoms with E-state index in [4.69, 9.17) is 4.74 Å². The summed E-state index contributed by atoms with van der Waals surface area (Å²) in [5, 5.41) is 0. The number of ether oxygens (including phenoxy) is 1. The molecule has 24 heavy (non-hydrogen) atoms. The molecule has 5 nitrogen and oxygen atoms in total. The number of anilines is 1. The minimum atomic E-state index is -3.80. The summed E-state index contributed by atoms with van der Waals surface area (Å²) in [6.07, 6.45) is 0. The van der Waals surface area contributed by atoms with E-state index in [1.807, 2.05) is 24.3 Å². The van der Waals surface area contributed by atoms with Crippen LogP contribution in [0.5, 0.6) is 5.75 Å².